The van der Waals surface area contributed by atoms with E-state index in [0.717, 1.165) is 19.4 Å². The van der Waals surface area contributed by atoms with Crippen molar-refractivity contribution in [3.05, 3.63) is 32.8 Å². The van der Waals surface area contributed by atoms with Gasteiger partial charge in [0.2, 0.25) is 0 Å². The van der Waals surface area contributed by atoms with Crippen molar-refractivity contribution >= 4 is 40.7 Å². The summed E-state index contributed by atoms with van der Waals surface area (Å²) in [5, 5.41) is 3.77. The van der Waals surface area contributed by atoms with E-state index in [1.165, 1.54) is 12.1 Å². The van der Waals surface area contributed by atoms with Crippen LogP contribution in [0.15, 0.2) is 12.1 Å². The van der Waals surface area contributed by atoms with Crippen molar-refractivity contribution in [3.63, 3.8) is 0 Å². The van der Waals surface area contributed by atoms with Crippen molar-refractivity contribution in [2.75, 3.05) is 19.8 Å². The van der Waals surface area contributed by atoms with Gasteiger partial charge in [0, 0.05) is 18.2 Å². The molecule has 1 heterocycles. The lowest BCUT2D eigenvalue weighted by Gasteiger charge is -2.22. The normalized spacial score (nSPS) is 19.2. The number of rotatable bonds is 3. The van der Waals surface area contributed by atoms with Crippen LogP contribution < -0.4 is 5.32 Å². The van der Waals surface area contributed by atoms with Gasteiger partial charge in [0.05, 0.1) is 22.2 Å². The zero-order valence-electron chi connectivity index (χ0n) is 10.2. The van der Waals surface area contributed by atoms with Crippen molar-refractivity contribution in [2.24, 2.45) is 5.92 Å². The Bertz CT molecular complexity index is 450. The van der Waals surface area contributed by atoms with E-state index in [2.05, 4.69) is 5.32 Å². The summed E-state index contributed by atoms with van der Waals surface area (Å²) >= 11 is 17.8. The SMILES string of the molecule is O=C(NC[C@H]1CCCOC1)c1c(Cl)cc(Cl)cc1Cl. The number of benzene rings is 1. The van der Waals surface area contributed by atoms with Gasteiger partial charge in [-0.1, -0.05) is 34.8 Å². The molecule has 0 aliphatic carbocycles. The largest absolute Gasteiger partial charge is 0.381 e. The second-order valence-corrected chi connectivity index (χ2v) is 5.79. The molecule has 0 bridgehead atoms. The first-order chi connectivity index (χ1) is 9.08. The van der Waals surface area contributed by atoms with Gasteiger partial charge in [0.25, 0.3) is 5.91 Å². The molecule has 1 N–H and O–H groups in total. The molecule has 6 heteroatoms. The molecule has 1 aromatic carbocycles. The Balaban J connectivity index is 1.99. The highest BCUT2D eigenvalue weighted by Crippen LogP contribution is 2.28. The van der Waals surface area contributed by atoms with E-state index in [4.69, 9.17) is 39.5 Å². The Labute approximate surface area is 127 Å². The van der Waals surface area contributed by atoms with Gasteiger partial charge < -0.3 is 10.1 Å². The van der Waals surface area contributed by atoms with Crippen LogP contribution in [0.5, 0.6) is 0 Å². The van der Waals surface area contributed by atoms with E-state index < -0.39 is 0 Å². The quantitative estimate of drug-likeness (QED) is 0.919. The minimum Gasteiger partial charge on any atom is -0.381 e. The monoisotopic (exact) mass is 321 g/mol. The van der Waals surface area contributed by atoms with Gasteiger partial charge in [-0.05, 0) is 30.9 Å². The molecule has 1 aromatic rings. The fourth-order valence-corrected chi connectivity index (χ4v) is 3.04. The first-order valence-electron chi connectivity index (χ1n) is 6.08. The number of carbonyl (C=O) groups is 1. The molecule has 0 spiro atoms. The van der Waals surface area contributed by atoms with E-state index in [-0.39, 0.29) is 21.5 Å². The van der Waals surface area contributed by atoms with Crippen LogP contribution in [0.4, 0.5) is 0 Å². The molecule has 3 nitrogen and oxygen atoms in total. The summed E-state index contributed by atoms with van der Waals surface area (Å²) in [6.07, 6.45) is 2.09. The molecule has 0 aromatic heterocycles. The third kappa shape index (κ3) is 3.99. The van der Waals surface area contributed by atoms with Gasteiger partial charge in [-0.3, -0.25) is 4.79 Å². The van der Waals surface area contributed by atoms with Crippen LogP contribution in [0.2, 0.25) is 15.1 Å². The number of hydrogen-bond acceptors (Lipinski definition) is 2. The molecular formula is C13H14Cl3NO2. The molecule has 19 heavy (non-hydrogen) atoms. The van der Waals surface area contributed by atoms with E-state index >= 15 is 0 Å². The minimum atomic E-state index is -0.280. The Morgan fingerprint density at radius 1 is 1.32 bits per heavy atom. The van der Waals surface area contributed by atoms with Crippen LogP contribution in [0, 0.1) is 5.92 Å². The van der Waals surface area contributed by atoms with Crippen LogP contribution in [0.1, 0.15) is 23.2 Å². The average molecular weight is 323 g/mol. The Kier molecular flexibility index (Phi) is 5.34. The third-order valence-corrected chi connectivity index (χ3v) is 3.85. The summed E-state index contributed by atoms with van der Waals surface area (Å²) < 4.78 is 5.36. The van der Waals surface area contributed by atoms with Gasteiger partial charge in [0.15, 0.2) is 0 Å². The van der Waals surface area contributed by atoms with Gasteiger partial charge in [0.1, 0.15) is 0 Å². The molecular weight excluding hydrogens is 309 g/mol. The maximum absolute atomic E-state index is 12.1. The topological polar surface area (TPSA) is 38.3 Å². The summed E-state index contributed by atoms with van der Waals surface area (Å²) in [4.78, 5) is 12.1. The van der Waals surface area contributed by atoms with Crippen LogP contribution in [-0.2, 0) is 4.74 Å². The number of hydrogen-bond donors (Lipinski definition) is 1. The van der Waals surface area contributed by atoms with Crippen molar-refractivity contribution in [2.45, 2.75) is 12.8 Å². The minimum absolute atomic E-state index is 0.259. The Morgan fingerprint density at radius 3 is 2.58 bits per heavy atom. The summed E-state index contributed by atoms with van der Waals surface area (Å²) in [6.45, 7) is 2.05. The van der Waals surface area contributed by atoms with Crippen molar-refractivity contribution in [3.8, 4) is 0 Å². The zero-order chi connectivity index (χ0) is 13.8. The van der Waals surface area contributed by atoms with Gasteiger partial charge in [-0.15, -0.1) is 0 Å². The van der Waals surface area contributed by atoms with Crippen LogP contribution >= 0.6 is 34.8 Å². The lowest BCUT2D eigenvalue weighted by molar-refractivity contribution is 0.0536. The Morgan fingerprint density at radius 2 is 2.00 bits per heavy atom. The van der Waals surface area contributed by atoms with Crippen molar-refractivity contribution in [1.82, 2.24) is 5.32 Å². The van der Waals surface area contributed by atoms with Gasteiger partial charge >= 0.3 is 0 Å². The van der Waals surface area contributed by atoms with Crippen LogP contribution in [0.25, 0.3) is 0 Å². The van der Waals surface area contributed by atoms with E-state index in [1.807, 2.05) is 0 Å². The lowest BCUT2D eigenvalue weighted by atomic mass is 10.0. The molecule has 1 fully saturated rings. The second kappa shape index (κ2) is 6.80. The highest BCUT2D eigenvalue weighted by molar-refractivity contribution is 6.42. The molecule has 0 radical (unpaired) electrons. The van der Waals surface area contributed by atoms with Gasteiger partial charge in [-0.25, -0.2) is 0 Å². The second-order valence-electron chi connectivity index (χ2n) is 4.54. The predicted molar refractivity (Wildman–Crippen MR) is 77.3 cm³/mol. The number of nitrogens with one attached hydrogen (secondary N) is 1. The third-order valence-electron chi connectivity index (χ3n) is 3.04. The maximum atomic E-state index is 12.1. The fourth-order valence-electron chi connectivity index (χ4n) is 2.05. The van der Waals surface area contributed by atoms with Crippen LogP contribution in [-0.4, -0.2) is 25.7 Å². The molecule has 104 valence electrons. The van der Waals surface area contributed by atoms with E-state index in [1.54, 1.807) is 0 Å². The smallest absolute Gasteiger partial charge is 0.254 e. The Hall–Kier alpha value is -0.480. The van der Waals surface area contributed by atoms with Gasteiger partial charge in [-0.2, -0.15) is 0 Å². The predicted octanol–water partition coefficient (Wildman–Crippen LogP) is 3.80. The molecule has 1 amide bonds. The molecule has 1 saturated heterocycles. The molecule has 0 saturated carbocycles. The van der Waals surface area contributed by atoms with E-state index in [0.29, 0.717) is 24.1 Å². The summed E-state index contributed by atoms with van der Waals surface area (Å²) in [5.74, 6) is 0.0693. The number of halogens is 3. The number of ether oxygens (including phenoxy) is 1. The standard InChI is InChI=1S/C13H14Cl3NO2/c14-9-4-10(15)12(11(16)5-9)13(18)17-6-8-2-1-3-19-7-8/h4-5,8H,1-3,6-7H2,(H,17,18)/t8-/m1/s1. The van der Waals surface area contributed by atoms with Crippen molar-refractivity contribution in [1.29, 1.82) is 0 Å². The number of carbonyl (C=O) groups excluding carboxylic acids is 1. The first kappa shape index (κ1) is 14.9. The average Bonchev–Trinajstić information content (AvgIpc) is 2.36. The first-order valence-corrected chi connectivity index (χ1v) is 7.22. The molecule has 1 aliphatic rings. The highest BCUT2D eigenvalue weighted by Gasteiger charge is 2.19. The van der Waals surface area contributed by atoms with E-state index in [9.17, 15) is 4.79 Å². The molecule has 0 unspecified atom stereocenters. The molecule has 1 aliphatic heterocycles. The molecule has 1 atom stereocenters. The maximum Gasteiger partial charge on any atom is 0.254 e. The number of amides is 1. The van der Waals surface area contributed by atoms with Crippen LogP contribution in [0.3, 0.4) is 0 Å². The highest BCUT2D eigenvalue weighted by atomic mass is 35.5. The van der Waals surface area contributed by atoms with Crippen molar-refractivity contribution < 1.29 is 9.53 Å². The molecule has 2 rings (SSSR count). The lowest BCUT2D eigenvalue weighted by Crippen LogP contribution is -2.33. The zero-order valence-corrected chi connectivity index (χ0v) is 12.5. The summed E-state index contributed by atoms with van der Waals surface area (Å²) in [5.41, 5.74) is 0.268. The summed E-state index contributed by atoms with van der Waals surface area (Å²) in [6, 6.07) is 3.02. The fraction of sp³-hybridized carbons (Fsp3) is 0.462. The summed E-state index contributed by atoms with van der Waals surface area (Å²) in [7, 11) is 0.